The standard InChI is InChI=1S/C15H25N3/c1-3-16-14-8-6-9-15(14)18(2)12-10-13-7-4-5-11-17-13/h4-5,7,11,14-16H,3,6,8-10,12H2,1-2H3. The summed E-state index contributed by atoms with van der Waals surface area (Å²) in [7, 11) is 2.25. The summed E-state index contributed by atoms with van der Waals surface area (Å²) in [6, 6.07) is 7.55. The maximum atomic E-state index is 4.39. The van der Waals surface area contributed by atoms with Crippen molar-refractivity contribution in [1.29, 1.82) is 0 Å². The number of aromatic nitrogens is 1. The SMILES string of the molecule is CCNC1CCCC1N(C)CCc1ccccn1. The maximum absolute atomic E-state index is 4.39. The number of pyridine rings is 1. The first-order valence-corrected chi connectivity index (χ1v) is 7.14. The van der Waals surface area contributed by atoms with E-state index in [1.807, 2.05) is 12.3 Å². The van der Waals surface area contributed by atoms with Crippen molar-refractivity contribution in [1.82, 2.24) is 15.2 Å². The lowest BCUT2D eigenvalue weighted by atomic mass is 10.1. The highest BCUT2D eigenvalue weighted by Crippen LogP contribution is 2.23. The molecule has 2 atom stereocenters. The lowest BCUT2D eigenvalue weighted by Crippen LogP contribution is -2.45. The van der Waals surface area contributed by atoms with Gasteiger partial charge in [-0.3, -0.25) is 4.98 Å². The lowest BCUT2D eigenvalue weighted by Gasteiger charge is -2.30. The molecule has 1 saturated carbocycles. The second-order valence-corrected chi connectivity index (χ2v) is 5.21. The van der Waals surface area contributed by atoms with Gasteiger partial charge in [-0.2, -0.15) is 0 Å². The molecule has 3 heteroatoms. The number of rotatable bonds is 6. The van der Waals surface area contributed by atoms with Crippen LogP contribution in [0, 0.1) is 0 Å². The third kappa shape index (κ3) is 3.53. The van der Waals surface area contributed by atoms with E-state index in [9.17, 15) is 0 Å². The molecule has 0 aliphatic heterocycles. The van der Waals surface area contributed by atoms with E-state index in [1.165, 1.54) is 25.0 Å². The normalized spacial score (nSPS) is 23.7. The molecule has 2 unspecified atom stereocenters. The van der Waals surface area contributed by atoms with E-state index < -0.39 is 0 Å². The fraction of sp³-hybridized carbons (Fsp3) is 0.667. The number of nitrogens with zero attached hydrogens (tertiary/aromatic N) is 2. The summed E-state index contributed by atoms with van der Waals surface area (Å²) in [5.41, 5.74) is 1.20. The van der Waals surface area contributed by atoms with Crippen LogP contribution in [0.2, 0.25) is 0 Å². The van der Waals surface area contributed by atoms with Gasteiger partial charge in [0.05, 0.1) is 0 Å². The Bertz CT molecular complexity index is 339. The van der Waals surface area contributed by atoms with Crippen LogP contribution in [0.4, 0.5) is 0 Å². The van der Waals surface area contributed by atoms with E-state index in [1.54, 1.807) is 0 Å². The van der Waals surface area contributed by atoms with E-state index in [0.717, 1.165) is 19.5 Å². The van der Waals surface area contributed by atoms with Crippen molar-refractivity contribution in [2.75, 3.05) is 20.1 Å². The van der Waals surface area contributed by atoms with Crippen LogP contribution in [0.25, 0.3) is 0 Å². The van der Waals surface area contributed by atoms with Crippen LogP contribution in [0.1, 0.15) is 31.9 Å². The van der Waals surface area contributed by atoms with Gasteiger partial charge in [0, 0.05) is 36.9 Å². The summed E-state index contributed by atoms with van der Waals surface area (Å²) < 4.78 is 0. The maximum Gasteiger partial charge on any atom is 0.0416 e. The quantitative estimate of drug-likeness (QED) is 0.834. The van der Waals surface area contributed by atoms with Crippen LogP contribution in [-0.4, -0.2) is 42.1 Å². The summed E-state index contributed by atoms with van der Waals surface area (Å²) in [6.45, 7) is 4.38. The molecule has 1 aromatic heterocycles. The van der Waals surface area contributed by atoms with Crippen LogP contribution in [-0.2, 0) is 6.42 Å². The summed E-state index contributed by atoms with van der Waals surface area (Å²) >= 11 is 0. The Kier molecular flexibility index (Phi) is 5.14. The Labute approximate surface area is 111 Å². The largest absolute Gasteiger partial charge is 0.313 e. The molecule has 0 radical (unpaired) electrons. The zero-order valence-electron chi connectivity index (χ0n) is 11.6. The molecular weight excluding hydrogens is 222 g/mol. The van der Waals surface area contributed by atoms with E-state index in [0.29, 0.717) is 12.1 Å². The van der Waals surface area contributed by atoms with Crippen molar-refractivity contribution >= 4 is 0 Å². The molecule has 0 bridgehead atoms. The molecule has 1 heterocycles. The van der Waals surface area contributed by atoms with Crippen LogP contribution in [0.5, 0.6) is 0 Å². The van der Waals surface area contributed by atoms with E-state index in [4.69, 9.17) is 0 Å². The van der Waals surface area contributed by atoms with Crippen molar-refractivity contribution in [2.45, 2.75) is 44.7 Å². The number of nitrogens with one attached hydrogen (secondary N) is 1. The Morgan fingerprint density at radius 1 is 1.39 bits per heavy atom. The average molecular weight is 247 g/mol. The molecule has 2 rings (SSSR count). The minimum Gasteiger partial charge on any atom is -0.313 e. The van der Waals surface area contributed by atoms with Gasteiger partial charge in [0.15, 0.2) is 0 Å². The van der Waals surface area contributed by atoms with Gasteiger partial charge < -0.3 is 10.2 Å². The fourth-order valence-corrected chi connectivity index (χ4v) is 2.97. The lowest BCUT2D eigenvalue weighted by molar-refractivity contribution is 0.214. The van der Waals surface area contributed by atoms with Crippen LogP contribution >= 0.6 is 0 Å². The van der Waals surface area contributed by atoms with Gasteiger partial charge in [0.2, 0.25) is 0 Å². The molecule has 0 aromatic carbocycles. The number of likely N-dealkylation sites (N-methyl/N-ethyl adjacent to an activating group) is 2. The van der Waals surface area contributed by atoms with E-state index in [2.05, 4.69) is 41.3 Å². The van der Waals surface area contributed by atoms with Crippen molar-refractivity contribution in [3.05, 3.63) is 30.1 Å². The molecule has 1 aliphatic rings. The van der Waals surface area contributed by atoms with Gasteiger partial charge in [-0.25, -0.2) is 0 Å². The minimum atomic E-state index is 0.684. The van der Waals surface area contributed by atoms with Gasteiger partial charge in [-0.15, -0.1) is 0 Å². The monoisotopic (exact) mass is 247 g/mol. The highest BCUT2D eigenvalue weighted by molar-refractivity contribution is 5.04. The molecule has 1 aromatic rings. The first kappa shape index (κ1) is 13.5. The number of hydrogen-bond acceptors (Lipinski definition) is 3. The molecule has 3 nitrogen and oxygen atoms in total. The fourth-order valence-electron chi connectivity index (χ4n) is 2.97. The van der Waals surface area contributed by atoms with Gasteiger partial charge in [-0.1, -0.05) is 19.4 Å². The predicted molar refractivity (Wildman–Crippen MR) is 75.7 cm³/mol. The smallest absolute Gasteiger partial charge is 0.0416 e. The molecular formula is C15H25N3. The third-order valence-corrected chi connectivity index (χ3v) is 3.96. The zero-order valence-corrected chi connectivity index (χ0v) is 11.6. The molecule has 1 aliphatic carbocycles. The summed E-state index contributed by atoms with van der Waals surface area (Å²) in [5.74, 6) is 0. The minimum absolute atomic E-state index is 0.684. The first-order chi connectivity index (χ1) is 8.81. The second kappa shape index (κ2) is 6.86. The van der Waals surface area contributed by atoms with E-state index >= 15 is 0 Å². The Morgan fingerprint density at radius 2 is 2.28 bits per heavy atom. The average Bonchev–Trinajstić information content (AvgIpc) is 2.86. The zero-order chi connectivity index (χ0) is 12.8. The topological polar surface area (TPSA) is 28.2 Å². The molecule has 100 valence electrons. The predicted octanol–water partition coefficient (Wildman–Crippen LogP) is 2.09. The summed E-state index contributed by atoms with van der Waals surface area (Å²) in [5, 5.41) is 3.62. The summed E-state index contributed by atoms with van der Waals surface area (Å²) in [4.78, 5) is 6.90. The van der Waals surface area contributed by atoms with Crippen molar-refractivity contribution in [3.8, 4) is 0 Å². The van der Waals surface area contributed by atoms with E-state index in [-0.39, 0.29) is 0 Å². The van der Waals surface area contributed by atoms with Crippen molar-refractivity contribution in [3.63, 3.8) is 0 Å². The highest BCUT2D eigenvalue weighted by Gasteiger charge is 2.29. The summed E-state index contributed by atoms with van der Waals surface area (Å²) in [6.07, 6.45) is 6.94. The van der Waals surface area contributed by atoms with Gasteiger partial charge in [0.25, 0.3) is 0 Å². The molecule has 1 N–H and O–H groups in total. The third-order valence-electron chi connectivity index (χ3n) is 3.96. The molecule has 0 spiro atoms. The van der Waals surface area contributed by atoms with Crippen LogP contribution in [0.15, 0.2) is 24.4 Å². The first-order valence-electron chi connectivity index (χ1n) is 7.14. The van der Waals surface area contributed by atoms with Crippen molar-refractivity contribution in [2.24, 2.45) is 0 Å². The molecule has 1 fully saturated rings. The van der Waals surface area contributed by atoms with Crippen LogP contribution in [0.3, 0.4) is 0 Å². The van der Waals surface area contributed by atoms with Crippen LogP contribution < -0.4 is 5.32 Å². The Hall–Kier alpha value is -0.930. The molecule has 0 amide bonds. The van der Waals surface area contributed by atoms with Gasteiger partial charge in [-0.05, 0) is 38.6 Å². The Balaban J connectivity index is 1.82. The highest BCUT2D eigenvalue weighted by atomic mass is 15.2. The van der Waals surface area contributed by atoms with Gasteiger partial charge in [0.1, 0.15) is 0 Å². The Morgan fingerprint density at radius 3 is 3.00 bits per heavy atom. The molecule has 18 heavy (non-hydrogen) atoms. The number of hydrogen-bond donors (Lipinski definition) is 1. The van der Waals surface area contributed by atoms with Crippen molar-refractivity contribution < 1.29 is 0 Å². The molecule has 0 saturated heterocycles. The second-order valence-electron chi connectivity index (χ2n) is 5.21. The van der Waals surface area contributed by atoms with Gasteiger partial charge >= 0.3 is 0 Å².